The number of hydrogen-bond donors (Lipinski definition) is 0. The summed E-state index contributed by atoms with van der Waals surface area (Å²) in [4.78, 5) is 14.2. The molecule has 0 amide bonds. The molecule has 0 radical (unpaired) electrons. The first-order valence-electron chi connectivity index (χ1n) is 4.25. The van der Waals surface area contributed by atoms with Gasteiger partial charge in [0.25, 0.3) is 0 Å². The predicted molar refractivity (Wildman–Crippen MR) is 52.4 cm³/mol. The summed E-state index contributed by atoms with van der Waals surface area (Å²) in [6.45, 7) is 0. The minimum absolute atomic E-state index is 0.168. The fourth-order valence-corrected chi connectivity index (χ4v) is 1.39. The van der Waals surface area contributed by atoms with Gasteiger partial charge < -0.3 is 9.47 Å². The average molecular weight is 270 g/mol. The number of aromatic nitrogens is 1. The molecule has 1 heterocycles. The van der Waals surface area contributed by atoms with Crippen molar-refractivity contribution in [3.8, 4) is 11.5 Å². The van der Waals surface area contributed by atoms with Crippen molar-refractivity contribution >= 4 is 17.9 Å². The Labute approximate surface area is 99.3 Å². The van der Waals surface area contributed by atoms with E-state index in [1.54, 1.807) is 0 Å². The second kappa shape index (κ2) is 5.22. The van der Waals surface area contributed by atoms with E-state index in [1.807, 2.05) is 0 Å². The van der Waals surface area contributed by atoms with Gasteiger partial charge in [-0.1, -0.05) is 0 Å². The van der Waals surface area contributed by atoms with E-state index in [1.165, 1.54) is 0 Å². The van der Waals surface area contributed by atoms with Crippen LogP contribution in [0.1, 0.15) is 16.1 Å². The predicted octanol–water partition coefficient (Wildman–Crippen LogP) is 2.54. The lowest BCUT2D eigenvalue weighted by molar-refractivity contribution is -0.275. The Morgan fingerprint density at radius 3 is 2.59 bits per heavy atom. The topological polar surface area (TPSA) is 48.4 Å². The van der Waals surface area contributed by atoms with Gasteiger partial charge in [-0.2, -0.15) is 0 Å². The fourth-order valence-electron chi connectivity index (χ4n) is 1.13. The summed E-state index contributed by atoms with van der Waals surface area (Å²) in [6, 6.07) is 0. The average Bonchev–Trinajstić information content (AvgIpc) is 2.26. The fraction of sp³-hybridized carbons (Fsp3) is 0.333. The molecule has 0 saturated heterocycles. The molecule has 0 aliphatic carbocycles. The van der Waals surface area contributed by atoms with E-state index in [0.29, 0.717) is 6.29 Å². The molecule has 0 fully saturated rings. The molecular formula is C9H7ClF3NO3. The number of alkyl halides is 4. The van der Waals surface area contributed by atoms with Gasteiger partial charge in [0.1, 0.15) is 5.69 Å². The molecule has 17 heavy (non-hydrogen) atoms. The zero-order chi connectivity index (χ0) is 13.1. The monoisotopic (exact) mass is 269 g/mol. The molecule has 0 aromatic carbocycles. The highest BCUT2D eigenvalue weighted by Crippen LogP contribution is 2.36. The number of ether oxygens (including phenoxy) is 2. The molecule has 0 saturated carbocycles. The van der Waals surface area contributed by atoms with E-state index >= 15 is 0 Å². The zero-order valence-corrected chi connectivity index (χ0v) is 9.30. The van der Waals surface area contributed by atoms with Crippen LogP contribution in [0.15, 0.2) is 6.20 Å². The molecule has 1 rings (SSSR count). The van der Waals surface area contributed by atoms with Gasteiger partial charge in [0.2, 0.25) is 0 Å². The molecule has 0 aliphatic rings. The lowest BCUT2D eigenvalue weighted by Gasteiger charge is -2.15. The Hall–Kier alpha value is -1.50. The van der Waals surface area contributed by atoms with Gasteiger partial charge in [0, 0.05) is 5.56 Å². The van der Waals surface area contributed by atoms with Gasteiger partial charge in [0.05, 0.1) is 19.2 Å². The second-order valence-corrected chi connectivity index (χ2v) is 3.09. The maximum Gasteiger partial charge on any atom is 0.573 e. The Morgan fingerprint density at radius 1 is 1.53 bits per heavy atom. The van der Waals surface area contributed by atoms with E-state index in [4.69, 9.17) is 11.6 Å². The highest BCUT2D eigenvalue weighted by Gasteiger charge is 2.34. The number of carbonyl (C=O) groups is 1. The van der Waals surface area contributed by atoms with Crippen LogP contribution in [0, 0.1) is 0 Å². The van der Waals surface area contributed by atoms with Crippen LogP contribution in [0.3, 0.4) is 0 Å². The SMILES string of the molecule is COc1cnc(C=O)c(CCl)c1OC(F)(F)F. The first kappa shape index (κ1) is 13.6. The molecule has 94 valence electrons. The van der Waals surface area contributed by atoms with Crippen molar-refractivity contribution in [1.29, 1.82) is 0 Å². The molecule has 0 N–H and O–H groups in total. The first-order chi connectivity index (χ1) is 7.92. The summed E-state index contributed by atoms with van der Waals surface area (Å²) in [5, 5.41) is 0. The largest absolute Gasteiger partial charge is 0.573 e. The summed E-state index contributed by atoms with van der Waals surface area (Å²) in [5.74, 6) is -1.25. The molecule has 0 spiro atoms. The number of hydrogen-bond acceptors (Lipinski definition) is 4. The smallest absolute Gasteiger partial charge is 0.491 e. The normalized spacial score (nSPS) is 11.1. The maximum absolute atomic E-state index is 12.2. The van der Waals surface area contributed by atoms with Crippen LogP contribution < -0.4 is 9.47 Å². The molecule has 8 heteroatoms. The minimum atomic E-state index is -4.91. The van der Waals surface area contributed by atoms with Crippen molar-refractivity contribution in [1.82, 2.24) is 4.98 Å². The van der Waals surface area contributed by atoms with E-state index in [9.17, 15) is 18.0 Å². The molecule has 0 unspecified atom stereocenters. The molecule has 4 nitrogen and oxygen atoms in total. The number of methoxy groups -OCH3 is 1. The molecule has 1 aromatic rings. The minimum Gasteiger partial charge on any atom is -0.491 e. The number of rotatable bonds is 4. The van der Waals surface area contributed by atoms with Gasteiger partial charge in [-0.15, -0.1) is 24.8 Å². The molecule has 0 bridgehead atoms. The van der Waals surface area contributed by atoms with E-state index < -0.39 is 12.1 Å². The highest BCUT2D eigenvalue weighted by molar-refractivity contribution is 6.17. The van der Waals surface area contributed by atoms with E-state index in [0.717, 1.165) is 13.3 Å². The van der Waals surface area contributed by atoms with Crippen molar-refractivity contribution in [3.05, 3.63) is 17.5 Å². The maximum atomic E-state index is 12.2. The quantitative estimate of drug-likeness (QED) is 0.622. The number of nitrogens with zero attached hydrogens (tertiary/aromatic N) is 1. The highest BCUT2D eigenvalue weighted by atomic mass is 35.5. The van der Waals surface area contributed by atoms with Crippen LogP contribution >= 0.6 is 11.6 Å². The van der Waals surface area contributed by atoms with Crippen molar-refractivity contribution in [2.24, 2.45) is 0 Å². The van der Waals surface area contributed by atoms with E-state index in [2.05, 4.69) is 14.5 Å². The third kappa shape index (κ3) is 3.23. The molecule has 0 atom stereocenters. The zero-order valence-electron chi connectivity index (χ0n) is 8.55. The standard InChI is InChI=1S/C9H7ClF3NO3/c1-16-7-3-14-6(4-15)5(2-10)8(7)17-9(11,12)13/h3-4H,2H2,1H3. The Morgan fingerprint density at radius 2 is 2.18 bits per heavy atom. The number of pyridine rings is 1. The summed E-state index contributed by atoms with van der Waals surface area (Å²) in [7, 11) is 1.15. The first-order valence-corrected chi connectivity index (χ1v) is 4.79. The van der Waals surface area contributed by atoms with Gasteiger partial charge in [-0.05, 0) is 0 Å². The van der Waals surface area contributed by atoms with Crippen molar-refractivity contribution in [3.63, 3.8) is 0 Å². The third-order valence-corrected chi connectivity index (χ3v) is 2.08. The van der Waals surface area contributed by atoms with Crippen molar-refractivity contribution in [2.45, 2.75) is 12.2 Å². The third-order valence-electron chi connectivity index (χ3n) is 1.81. The summed E-state index contributed by atoms with van der Waals surface area (Å²) >= 11 is 5.47. The van der Waals surface area contributed by atoms with Crippen LogP contribution in [0.4, 0.5) is 13.2 Å². The molecule has 1 aromatic heterocycles. The van der Waals surface area contributed by atoms with E-state index in [-0.39, 0.29) is 22.9 Å². The number of aldehydes is 1. The number of halogens is 4. The van der Waals surface area contributed by atoms with Gasteiger partial charge >= 0.3 is 6.36 Å². The lowest BCUT2D eigenvalue weighted by Crippen LogP contribution is -2.19. The van der Waals surface area contributed by atoms with Crippen LogP contribution in [-0.4, -0.2) is 24.7 Å². The Kier molecular flexibility index (Phi) is 4.17. The van der Waals surface area contributed by atoms with Crippen molar-refractivity contribution < 1.29 is 27.4 Å². The van der Waals surface area contributed by atoms with Gasteiger partial charge in [-0.3, -0.25) is 4.79 Å². The molecular weight excluding hydrogens is 263 g/mol. The van der Waals surface area contributed by atoms with Crippen molar-refractivity contribution in [2.75, 3.05) is 7.11 Å². The van der Waals surface area contributed by atoms with Crippen LogP contribution in [0.5, 0.6) is 11.5 Å². The molecule has 0 aliphatic heterocycles. The van der Waals surface area contributed by atoms with Crippen LogP contribution in [0.2, 0.25) is 0 Å². The van der Waals surface area contributed by atoms with Gasteiger partial charge in [-0.25, -0.2) is 4.98 Å². The number of carbonyl (C=O) groups excluding carboxylic acids is 1. The van der Waals surface area contributed by atoms with Gasteiger partial charge in [0.15, 0.2) is 17.8 Å². The second-order valence-electron chi connectivity index (χ2n) is 2.82. The summed E-state index contributed by atoms with van der Waals surface area (Å²) in [6.07, 6.45) is -3.66. The van der Waals surface area contributed by atoms with Crippen LogP contribution in [0.25, 0.3) is 0 Å². The Bertz CT molecular complexity index is 423. The Balaban J connectivity index is 3.34. The lowest BCUT2D eigenvalue weighted by atomic mass is 10.2. The van der Waals surface area contributed by atoms with Crippen LogP contribution in [-0.2, 0) is 5.88 Å². The summed E-state index contributed by atoms with van der Waals surface area (Å²) < 4.78 is 45.0. The summed E-state index contributed by atoms with van der Waals surface area (Å²) in [5.41, 5.74) is -0.390.